The van der Waals surface area contributed by atoms with Crippen molar-refractivity contribution in [2.75, 3.05) is 4.90 Å². The number of aryl methyl sites for hydroxylation is 2. The number of sulfone groups is 1. The maximum absolute atomic E-state index is 13.6. The lowest BCUT2D eigenvalue weighted by molar-refractivity contribution is -0.384. The van der Waals surface area contributed by atoms with E-state index < -0.39 is 36.8 Å². The molecule has 1 saturated heterocycles. The SMILES string of the molecule is Cc1ccc(N2C(=O)/C(=C\c3ccc(F)cc3)S(=O)(=O)[C@H]2c2cccc([N+](=O)[O-])c2)cc1C. The fourth-order valence-corrected chi connectivity index (χ4v) is 5.59. The Balaban J connectivity index is 1.94. The van der Waals surface area contributed by atoms with Gasteiger partial charge >= 0.3 is 0 Å². The van der Waals surface area contributed by atoms with Crippen LogP contribution in [0, 0.1) is 29.8 Å². The van der Waals surface area contributed by atoms with Gasteiger partial charge in [0, 0.05) is 17.8 Å². The van der Waals surface area contributed by atoms with Crippen LogP contribution in [0.4, 0.5) is 15.8 Å². The number of nitro benzene ring substituents is 1. The van der Waals surface area contributed by atoms with E-state index in [4.69, 9.17) is 0 Å². The van der Waals surface area contributed by atoms with Crippen LogP contribution in [0.25, 0.3) is 6.08 Å². The molecule has 0 bridgehead atoms. The molecule has 4 rings (SSSR count). The number of hydrogen-bond donors (Lipinski definition) is 0. The van der Waals surface area contributed by atoms with Crippen molar-refractivity contribution in [2.24, 2.45) is 0 Å². The Kier molecular flexibility index (Phi) is 5.59. The van der Waals surface area contributed by atoms with Crippen molar-refractivity contribution in [3.05, 3.63) is 110 Å². The summed E-state index contributed by atoms with van der Waals surface area (Å²) in [6.07, 6.45) is 1.20. The minimum atomic E-state index is -4.28. The zero-order valence-electron chi connectivity index (χ0n) is 17.7. The quantitative estimate of drug-likeness (QED) is 0.311. The molecule has 0 spiro atoms. The minimum absolute atomic E-state index is 0.0956. The molecule has 168 valence electrons. The van der Waals surface area contributed by atoms with Crippen LogP contribution in [0.5, 0.6) is 0 Å². The van der Waals surface area contributed by atoms with E-state index in [1.807, 2.05) is 13.8 Å². The summed E-state index contributed by atoms with van der Waals surface area (Å²) in [6, 6.07) is 15.4. The molecular formula is C24H19FN2O5S. The van der Waals surface area contributed by atoms with Crippen molar-refractivity contribution in [1.82, 2.24) is 0 Å². The second-order valence-corrected chi connectivity index (χ2v) is 9.73. The number of amides is 1. The number of carbonyl (C=O) groups is 1. The van der Waals surface area contributed by atoms with Crippen LogP contribution in [0.2, 0.25) is 0 Å². The molecule has 3 aromatic carbocycles. The van der Waals surface area contributed by atoms with E-state index in [0.717, 1.165) is 34.2 Å². The number of carbonyl (C=O) groups excluding carboxylic acids is 1. The Morgan fingerprint density at radius 2 is 1.70 bits per heavy atom. The minimum Gasteiger partial charge on any atom is -0.286 e. The number of rotatable bonds is 4. The first-order valence-electron chi connectivity index (χ1n) is 9.96. The van der Waals surface area contributed by atoms with E-state index in [1.54, 1.807) is 18.2 Å². The molecule has 0 N–H and O–H groups in total. The predicted molar refractivity (Wildman–Crippen MR) is 123 cm³/mol. The van der Waals surface area contributed by atoms with E-state index in [2.05, 4.69) is 0 Å². The first-order chi connectivity index (χ1) is 15.6. The van der Waals surface area contributed by atoms with Gasteiger partial charge in [0.15, 0.2) is 5.37 Å². The highest BCUT2D eigenvalue weighted by Crippen LogP contribution is 2.44. The lowest BCUT2D eigenvalue weighted by Crippen LogP contribution is -2.29. The molecule has 0 saturated carbocycles. The molecule has 1 amide bonds. The first kappa shape index (κ1) is 22.3. The van der Waals surface area contributed by atoms with Crippen LogP contribution in [-0.2, 0) is 14.6 Å². The Morgan fingerprint density at radius 1 is 1.00 bits per heavy atom. The van der Waals surface area contributed by atoms with E-state index >= 15 is 0 Å². The van der Waals surface area contributed by atoms with Crippen molar-refractivity contribution in [1.29, 1.82) is 0 Å². The van der Waals surface area contributed by atoms with Gasteiger partial charge in [-0.3, -0.25) is 19.8 Å². The molecular weight excluding hydrogens is 447 g/mol. The number of hydrogen-bond acceptors (Lipinski definition) is 5. The summed E-state index contributed by atoms with van der Waals surface area (Å²) in [5.41, 5.74) is 2.31. The number of non-ortho nitro benzene ring substituents is 1. The van der Waals surface area contributed by atoms with Gasteiger partial charge in [0.1, 0.15) is 10.7 Å². The lowest BCUT2D eigenvalue weighted by Gasteiger charge is -2.24. The largest absolute Gasteiger partial charge is 0.286 e. The standard InChI is InChI=1S/C24H19FN2O5S/c1-15-6-11-20(12-16(15)2)26-23(28)22(13-17-7-9-19(25)10-8-17)33(31,32)24(26)18-4-3-5-21(14-18)27(29)30/h3-14,24H,1-2H3/b22-13+/t24-/m0/s1. The number of anilines is 1. The summed E-state index contributed by atoms with van der Waals surface area (Å²) in [5.74, 6) is -1.26. The van der Waals surface area contributed by atoms with Crippen LogP contribution in [0.1, 0.15) is 27.6 Å². The van der Waals surface area contributed by atoms with Gasteiger partial charge in [-0.2, -0.15) is 0 Å². The molecule has 7 nitrogen and oxygen atoms in total. The lowest BCUT2D eigenvalue weighted by atomic mass is 10.1. The molecule has 33 heavy (non-hydrogen) atoms. The molecule has 3 aromatic rings. The fraction of sp³-hybridized carbons (Fsp3) is 0.125. The fourth-order valence-electron chi connectivity index (χ4n) is 3.71. The number of nitrogens with zero attached hydrogens (tertiary/aromatic N) is 2. The predicted octanol–water partition coefficient (Wildman–Crippen LogP) is 4.85. The second-order valence-electron chi connectivity index (χ2n) is 7.75. The van der Waals surface area contributed by atoms with Gasteiger partial charge in [-0.05, 0) is 66.4 Å². The second kappa shape index (κ2) is 8.25. The van der Waals surface area contributed by atoms with Crippen molar-refractivity contribution < 1.29 is 22.5 Å². The van der Waals surface area contributed by atoms with Crippen molar-refractivity contribution >= 4 is 33.2 Å². The molecule has 1 heterocycles. The summed E-state index contributed by atoms with van der Waals surface area (Å²) in [7, 11) is -4.28. The Labute approximate surface area is 189 Å². The Hall–Kier alpha value is -3.85. The average Bonchev–Trinajstić information content (AvgIpc) is 2.97. The third-order valence-corrected chi connectivity index (χ3v) is 7.54. The Bertz CT molecular complexity index is 1420. The highest BCUT2D eigenvalue weighted by atomic mass is 32.2. The van der Waals surface area contributed by atoms with Crippen molar-refractivity contribution in [2.45, 2.75) is 19.2 Å². The normalized spacial score (nSPS) is 18.6. The van der Waals surface area contributed by atoms with Crippen molar-refractivity contribution in [3.8, 4) is 0 Å². The van der Waals surface area contributed by atoms with Crippen molar-refractivity contribution in [3.63, 3.8) is 0 Å². The van der Waals surface area contributed by atoms with Gasteiger partial charge in [0.25, 0.3) is 11.6 Å². The van der Waals surface area contributed by atoms with Crippen LogP contribution in [0.3, 0.4) is 0 Å². The molecule has 0 radical (unpaired) electrons. The molecule has 1 aliphatic heterocycles. The summed E-state index contributed by atoms with van der Waals surface area (Å²) in [5, 5.41) is 9.81. The molecule has 0 aliphatic carbocycles. The van der Waals surface area contributed by atoms with Gasteiger partial charge in [0.2, 0.25) is 9.84 Å². The number of halogens is 1. The van der Waals surface area contributed by atoms with Crippen LogP contribution < -0.4 is 4.90 Å². The van der Waals surface area contributed by atoms with Crippen LogP contribution in [0.15, 0.2) is 71.6 Å². The average molecular weight is 466 g/mol. The first-order valence-corrected chi connectivity index (χ1v) is 11.5. The highest BCUT2D eigenvalue weighted by Gasteiger charge is 2.50. The zero-order chi connectivity index (χ0) is 23.9. The molecule has 1 fully saturated rings. The Morgan fingerprint density at radius 3 is 2.33 bits per heavy atom. The third-order valence-electron chi connectivity index (χ3n) is 5.57. The monoisotopic (exact) mass is 466 g/mol. The van der Waals surface area contributed by atoms with Gasteiger partial charge in [-0.1, -0.05) is 30.3 Å². The number of benzene rings is 3. The van der Waals surface area contributed by atoms with Crippen LogP contribution >= 0.6 is 0 Å². The van der Waals surface area contributed by atoms with E-state index in [1.165, 1.54) is 36.4 Å². The topological polar surface area (TPSA) is 97.6 Å². The number of nitro groups is 1. The molecule has 0 aromatic heterocycles. The summed E-state index contributed by atoms with van der Waals surface area (Å²) < 4.78 is 40.5. The van der Waals surface area contributed by atoms with Gasteiger partial charge in [-0.15, -0.1) is 0 Å². The smallest absolute Gasteiger partial charge is 0.271 e. The summed E-state index contributed by atoms with van der Waals surface area (Å²) in [4.78, 5) is 24.8. The molecule has 9 heteroatoms. The van der Waals surface area contributed by atoms with Gasteiger partial charge < -0.3 is 0 Å². The maximum Gasteiger partial charge on any atom is 0.271 e. The van der Waals surface area contributed by atoms with Gasteiger partial charge in [-0.25, -0.2) is 12.8 Å². The van der Waals surface area contributed by atoms with Gasteiger partial charge in [0.05, 0.1) is 4.92 Å². The zero-order valence-corrected chi connectivity index (χ0v) is 18.5. The third kappa shape index (κ3) is 4.03. The maximum atomic E-state index is 13.6. The van der Waals surface area contributed by atoms with E-state index in [-0.39, 0.29) is 11.3 Å². The van der Waals surface area contributed by atoms with Crippen LogP contribution in [-0.4, -0.2) is 19.2 Å². The van der Waals surface area contributed by atoms with E-state index in [9.17, 15) is 27.7 Å². The van der Waals surface area contributed by atoms with E-state index in [0.29, 0.717) is 11.3 Å². The summed E-state index contributed by atoms with van der Waals surface area (Å²) >= 11 is 0. The summed E-state index contributed by atoms with van der Waals surface area (Å²) in [6.45, 7) is 3.73. The molecule has 1 aliphatic rings. The molecule has 0 unspecified atom stereocenters. The molecule has 1 atom stereocenters. The highest BCUT2D eigenvalue weighted by molar-refractivity contribution is 7.97.